The zero-order valence-electron chi connectivity index (χ0n) is 7.16. The number of likely N-dealkylation sites (tertiary alicyclic amines) is 1. The first-order valence-corrected chi connectivity index (χ1v) is 4.49. The van der Waals surface area contributed by atoms with E-state index in [1.54, 1.807) is 0 Å². The first-order chi connectivity index (χ1) is 5.88. The van der Waals surface area contributed by atoms with Crippen LogP contribution in [0.15, 0.2) is 0 Å². The average molecular weight is 170 g/mol. The highest BCUT2D eigenvalue weighted by Gasteiger charge is 2.26. The first-order valence-electron chi connectivity index (χ1n) is 4.49. The Morgan fingerprint density at radius 3 is 2.08 bits per heavy atom. The third-order valence-corrected chi connectivity index (χ3v) is 2.41. The van der Waals surface area contributed by atoms with Crippen molar-refractivity contribution in [3.05, 3.63) is 0 Å². The van der Waals surface area contributed by atoms with Crippen LogP contribution in [0.1, 0.15) is 6.42 Å². The molecule has 2 rings (SSSR count). The van der Waals surface area contributed by atoms with E-state index >= 15 is 0 Å². The second-order valence-corrected chi connectivity index (χ2v) is 3.22. The molecule has 2 aliphatic heterocycles. The third-order valence-electron chi connectivity index (χ3n) is 2.41. The van der Waals surface area contributed by atoms with Crippen molar-refractivity contribution in [2.75, 3.05) is 39.4 Å². The van der Waals surface area contributed by atoms with Gasteiger partial charge in [-0.05, 0) is 6.42 Å². The number of rotatable bonds is 0. The largest absolute Gasteiger partial charge is 0.378 e. The van der Waals surface area contributed by atoms with Crippen LogP contribution in [-0.4, -0.2) is 55.2 Å². The second kappa shape index (κ2) is 3.31. The minimum Gasteiger partial charge on any atom is -0.378 e. The molecule has 0 aromatic rings. The van der Waals surface area contributed by atoms with Gasteiger partial charge >= 0.3 is 6.03 Å². The molecule has 2 saturated heterocycles. The molecule has 68 valence electrons. The number of urea groups is 1. The van der Waals surface area contributed by atoms with Crippen molar-refractivity contribution in [2.45, 2.75) is 6.42 Å². The predicted octanol–water partition coefficient (Wildman–Crippen LogP) is 0.144. The van der Waals surface area contributed by atoms with Crippen molar-refractivity contribution >= 4 is 6.03 Å². The van der Waals surface area contributed by atoms with Gasteiger partial charge in [0.1, 0.15) is 0 Å². The Kier molecular flexibility index (Phi) is 2.17. The van der Waals surface area contributed by atoms with E-state index in [9.17, 15) is 4.79 Å². The van der Waals surface area contributed by atoms with Crippen LogP contribution >= 0.6 is 0 Å². The minimum atomic E-state index is 0.199. The van der Waals surface area contributed by atoms with Crippen LogP contribution in [0.5, 0.6) is 0 Å². The summed E-state index contributed by atoms with van der Waals surface area (Å²) < 4.78 is 5.17. The molecule has 0 bridgehead atoms. The number of carbonyl (C=O) groups is 1. The SMILES string of the molecule is O=C(N1CCC1)N1CCOCC1. The Balaban J connectivity index is 1.84. The van der Waals surface area contributed by atoms with E-state index in [4.69, 9.17) is 4.74 Å². The highest BCUT2D eigenvalue weighted by atomic mass is 16.5. The van der Waals surface area contributed by atoms with E-state index in [0.717, 1.165) is 32.6 Å². The molecule has 0 N–H and O–H groups in total. The number of hydrogen-bond acceptors (Lipinski definition) is 2. The fourth-order valence-electron chi connectivity index (χ4n) is 1.46. The van der Waals surface area contributed by atoms with E-state index in [2.05, 4.69) is 0 Å². The van der Waals surface area contributed by atoms with Gasteiger partial charge in [0.05, 0.1) is 13.2 Å². The van der Waals surface area contributed by atoms with Gasteiger partial charge < -0.3 is 14.5 Å². The standard InChI is InChI=1S/C8H14N2O2/c11-8(9-2-1-3-9)10-4-6-12-7-5-10/h1-7H2. The lowest BCUT2D eigenvalue weighted by Gasteiger charge is -2.37. The van der Waals surface area contributed by atoms with Crippen LogP contribution in [-0.2, 0) is 4.74 Å². The second-order valence-electron chi connectivity index (χ2n) is 3.22. The van der Waals surface area contributed by atoms with E-state index in [1.807, 2.05) is 9.80 Å². The maximum absolute atomic E-state index is 11.6. The van der Waals surface area contributed by atoms with Crippen LogP contribution in [0.4, 0.5) is 4.79 Å². The first kappa shape index (κ1) is 7.86. The van der Waals surface area contributed by atoms with E-state index < -0.39 is 0 Å². The van der Waals surface area contributed by atoms with Crippen molar-refractivity contribution in [3.8, 4) is 0 Å². The Labute approximate surface area is 72.1 Å². The van der Waals surface area contributed by atoms with Crippen molar-refractivity contribution in [1.82, 2.24) is 9.80 Å². The molecule has 2 aliphatic rings. The van der Waals surface area contributed by atoms with Gasteiger partial charge in [0.2, 0.25) is 0 Å². The number of carbonyl (C=O) groups excluding carboxylic acids is 1. The molecule has 4 heteroatoms. The van der Waals surface area contributed by atoms with E-state index in [1.165, 1.54) is 0 Å². The van der Waals surface area contributed by atoms with Crippen LogP contribution in [0.2, 0.25) is 0 Å². The molecule has 12 heavy (non-hydrogen) atoms. The third kappa shape index (κ3) is 1.39. The molecule has 0 atom stereocenters. The quantitative estimate of drug-likeness (QED) is 0.518. The topological polar surface area (TPSA) is 32.8 Å². The zero-order valence-corrected chi connectivity index (χ0v) is 7.16. The van der Waals surface area contributed by atoms with Gasteiger partial charge in [-0.25, -0.2) is 4.79 Å². The van der Waals surface area contributed by atoms with Crippen LogP contribution in [0.3, 0.4) is 0 Å². The smallest absolute Gasteiger partial charge is 0.320 e. The maximum Gasteiger partial charge on any atom is 0.320 e. The molecule has 0 saturated carbocycles. The van der Waals surface area contributed by atoms with Gasteiger partial charge in [-0.3, -0.25) is 0 Å². The van der Waals surface area contributed by atoms with Crippen LogP contribution < -0.4 is 0 Å². The number of hydrogen-bond donors (Lipinski definition) is 0. The summed E-state index contributed by atoms with van der Waals surface area (Å²) in [4.78, 5) is 15.3. The highest BCUT2D eigenvalue weighted by molar-refractivity contribution is 5.75. The summed E-state index contributed by atoms with van der Waals surface area (Å²) in [7, 11) is 0. The molecule has 0 spiro atoms. The van der Waals surface area contributed by atoms with Crippen molar-refractivity contribution in [2.24, 2.45) is 0 Å². The Morgan fingerprint density at radius 2 is 1.58 bits per heavy atom. The summed E-state index contributed by atoms with van der Waals surface area (Å²) >= 11 is 0. The molecule has 2 heterocycles. The Hall–Kier alpha value is -0.770. The average Bonchev–Trinajstić information content (AvgIpc) is 2.03. The van der Waals surface area contributed by atoms with Crippen molar-refractivity contribution in [1.29, 1.82) is 0 Å². The molecule has 0 aromatic carbocycles. The number of nitrogens with zero attached hydrogens (tertiary/aromatic N) is 2. The number of ether oxygens (including phenoxy) is 1. The molecule has 2 amide bonds. The molecule has 2 fully saturated rings. The van der Waals surface area contributed by atoms with Gasteiger partial charge in [-0.15, -0.1) is 0 Å². The maximum atomic E-state index is 11.6. The van der Waals surface area contributed by atoms with E-state index in [0.29, 0.717) is 13.2 Å². The predicted molar refractivity (Wildman–Crippen MR) is 44.0 cm³/mol. The molecule has 0 radical (unpaired) electrons. The number of amides is 2. The summed E-state index contributed by atoms with van der Waals surface area (Å²) in [6.07, 6.45) is 1.16. The van der Waals surface area contributed by atoms with Gasteiger partial charge in [-0.2, -0.15) is 0 Å². The fourth-order valence-corrected chi connectivity index (χ4v) is 1.46. The molecular weight excluding hydrogens is 156 g/mol. The van der Waals surface area contributed by atoms with Gasteiger partial charge in [0.25, 0.3) is 0 Å². The molecule has 4 nitrogen and oxygen atoms in total. The lowest BCUT2D eigenvalue weighted by atomic mass is 10.2. The van der Waals surface area contributed by atoms with Gasteiger partial charge in [-0.1, -0.05) is 0 Å². The van der Waals surface area contributed by atoms with Crippen LogP contribution in [0, 0.1) is 0 Å². The van der Waals surface area contributed by atoms with Gasteiger partial charge in [0.15, 0.2) is 0 Å². The Bertz CT molecular complexity index is 174. The molecule has 0 aromatic heterocycles. The summed E-state index contributed by atoms with van der Waals surface area (Å²) in [5, 5.41) is 0. The highest BCUT2D eigenvalue weighted by Crippen LogP contribution is 2.10. The normalized spacial score (nSPS) is 23.7. The summed E-state index contributed by atoms with van der Waals surface area (Å²) in [5.74, 6) is 0. The lowest BCUT2D eigenvalue weighted by Crippen LogP contribution is -2.52. The van der Waals surface area contributed by atoms with Crippen molar-refractivity contribution in [3.63, 3.8) is 0 Å². The number of morpholine rings is 1. The summed E-state index contributed by atoms with van der Waals surface area (Å²) in [6, 6.07) is 0.199. The monoisotopic (exact) mass is 170 g/mol. The molecular formula is C8H14N2O2. The fraction of sp³-hybridized carbons (Fsp3) is 0.875. The molecule has 0 unspecified atom stereocenters. The van der Waals surface area contributed by atoms with E-state index in [-0.39, 0.29) is 6.03 Å². The summed E-state index contributed by atoms with van der Waals surface area (Å²) in [5.41, 5.74) is 0. The molecule has 0 aliphatic carbocycles. The zero-order chi connectivity index (χ0) is 8.39. The summed E-state index contributed by atoms with van der Waals surface area (Å²) in [6.45, 7) is 4.79. The Morgan fingerprint density at radius 1 is 1.00 bits per heavy atom. The lowest BCUT2D eigenvalue weighted by molar-refractivity contribution is 0.0376. The van der Waals surface area contributed by atoms with Crippen LogP contribution in [0.25, 0.3) is 0 Å². The van der Waals surface area contributed by atoms with Crippen molar-refractivity contribution < 1.29 is 9.53 Å². The van der Waals surface area contributed by atoms with Gasteiger partial charge in [0, 0.05) is 26.2 Å². The minimum absolute atomic E-state index is 0.199.